The Morgan fingerprint density at radius 3 is 2.00 bits per heavy atom. The number of hydrogen-bond donors (Lipinski definition) is 2. The van der Waals surface area contributed by atoms with Crippen LogP contribution in [0.3, 0.4) is 0 Å². The highest BCUT2D eigenvalue weighted by molar-refractivity contribution is 7.80. The molecule has 0 aliphatic carbocycles. The van der Waals surface area contributed by atoms with Gasteiger partial charge in [0.1, 0.15) is 0 Å². The number of nitrogens with zero attached hydrogens (tertiary/aromatic N) is 1. The zero-order valence-corrected chi connectivity index (χ0v) is 15.0. The molecule has 3 nitrogen and oxygen atoms in total. The van der Waals surface area contributed by atoms with E-state index in [1.54, 1.807) is 0 Å². The van der Waals surface area contributed by atoms with Crippen LogP contribution in [0.25, 0.3) is 0 Å². The molecule has 0 atom stereocenters. The van der Waals surface area contributed by atoms with E-state index in [0.29, 0.717) is 5.11 Å². The fourth-order valence-electron chi connectivity index (χ4n) is 3.00. The van der Waals surface area contributed by atoms with Crippen molar-refractivity contribution in [2.75, 3.05) is 23.7 Å². The van der Waals surface area contributed by atoms with Gasteiger partial charge in [-0.15, -0.1) is 0 Å². The number of aryl methyl sites for hydroxylation is 1. The van der Waals surface area contributed by atoms with E-state index in [1.165, 1.54) is 43.5 Å². The number of anilines is 2. The van der Waals surface area contributed by atoms with Gasteiger partial charge in [0.15, 0.2) is 5.11 Å². The Hall–Kier alpha value is -1.91. The summed E-state index contributed by atoms with van der Waals surface area (Å²) in [6.07, 6.45) is 4.04. The van der Waals surface area contributed by atoms with E-state index in [-0.39, 0.29) is 0 Å². The van der Waals surface area contributed by atoms with E-state index in [9.17, 15) is 0 Å². The lowest BCUT2D eigenvalue weighted by Crippen LogP contribution is -2.29. The second-order valence-corrected chi connectivity index (χ2v) is 6.89. The van der Waals surface area contributed by atoms with Gasteiger partial charge in [-0.05, 0) is 74.9 Å². The molecule has 0 saturated carbocycles. The molecule has 1 heterocycles. The van der Waals surface area contributed by atoms with Crippen molar-refractivity contribution in [1.82, 2.24) is 4.90 Å². The van der Waals surface area contributed by atoms with Crippen molar-refractivity contribution in [1.29, 1.82) is 0 Å². The molecule has 126 valence electrons. The van der Waals surface area contributed by atoms with E-state index < -0.39 is 0 Å². The molecule has 0 radical (unpaired) electrons. The van der Waals surface area contributed by atoms with Crippen LogP contribution in [-0.2, 0) is 6.54 Å². The topological polar surface area (TPSA) is 27.3 Å². The minimum atomic E-state index is 0.614. The maximum atomic E-state index is 5.38. The second kappa shape index (κ2) is 8.27. The summed E-state index contributed by atoms with van der Waals surface area (Å²) in [6.45, 7) is 5.58. The molecule has 2 aromatic rings. The minimum absolute atomic E-state index is 0.614. The van der Waals surface area contributed by atoms with Gasteiger partial charge in [0, 0.05) is 17.9 Å². The van der Waals surface area contributed by atoms with Gasteiger partial charge < -0.3 is 10.6 Å². The second-order valence-electron chi connectivity index (χ2n) is 6.48. The van der Waals surface area contributed by atoms with Crippen LogP contribution in [0.15, 0.2) is 48.5 Å². The predicted molar refractivity (Wildman–Crippen MR) is 107 cm³/mol. The maximum absolute atomic E-state index is 5.38. The van der Waals surface area contributed by atoms with Crippen molar-refractivity contribution in [2.24, 2.45) is 0 Å². The third-order valence-corrected chi connectivity index (χ3v) is 4.58. The smallest absolute Gasteiger partial charge is 0.175 e. The summed E-state index contributed by atoms with van der Waals surface area (Å²) >= 11 is 5.38. The third kappa shape index (κ3) is 5.05. The van der Waals surface area contributed by atoms with E-state index in [4.69, 9.17) is 12.2 Å². The van der Waals surface area contributed by atoms with Crippen molar-refractivity contribution in [3.05, 3.63) is 59.7 Å². The molecule has 0 aromatic heterocycles. The molecule has 0 unspecified atom stereocenters. The predicted octanol–water partition coefficient (Wildman–Crippen LogP) is 4.79. The number of thiocarbonyl (C=S) groups is 1. The van der Waals surface area contributed by atoms with Crippen LogP contribution in [-0.4, -0.2) is 23.1 Å². The Bertz CT molecular complexity index is 658. The summed E-state index contributed by atoms with van der Waals surface area (Å²) in [5.74, 6) is 0. The summed E-state index contributed by atoms with van der Waals surface area (Å²) in [4.78, 5) is 2.54. The molecule has 3 rings (SSSR count). The first-order chi connectivity index (χ1) is 11.7. The normalized spacial score (nSPS) is 15.0. The number of piperidine rings is 1. The maximum Gasteiger partial charge on any atom is 0.175 e. The number of nitrogens with one attached hydrogen (secondary N) is 2. The highest BCUT2D eigenvalue weighted by atomic mass is 32.1. The molecule has 2 aromatic carbocycles. The number of hydrogen-bond acceptors (Lipinski definition) is 2. The summed E-state index contributed by atoms with van der Waals surface area (Å²) in [6, 6.07) is 16.8. The molecule has 1 aliphatic heterocycles. The molecular weight excluding hydrogens is 314 g/mol. The van der Waals surface area contributed by atoms with E-state index in [1.807, 2.05) is 12.1 Å². The van der Waals surface area contributed by atoms with Crippen LogP contribution in [0.1, 0.15) is 30.4 Å². The molecule has 0 spiro atoms. The van der Waals surface area contributed by atoms with Gasteiger partial charge in [0.25, 0.3) is 0 Å². The molecular formula is C20H25N3S. The SMILES string of the molecule is Cc1ccc(NC(=S)Nc2ccc(CN3CCCCC3)cc2)cc1. The van der Waals surface area contributed by atoms with Crippen LogP contribution in [0, 0.1) is 6.92 Å². The molecule has 1 fully saturated rings. The molecule has 2 N–H and O–H groups in total. The quantitative estimate of drug-likeness (QED) is 0.783. The highest BCUT2D eigenvalue weighted by Crippen LogP contribution is 2.16. The van der Waals surface area contributed by atoms with Crippen LogP contribution in [0.5, 0.6) is 0 Å². The van der Waals surface area contributed by atoms with Crippen LogP contribution in [0.2, 0.25) is 0 Å². The van der Waals surface area contributed by atoms with Gasteiger partial charge in [0.05, 0.1) is 0 Å². The Morgan fingerprint density at radius 1 is 0.875 bits per heavy atom. The third-order valence-electron chi connectivity index (χ3n) is 4.38. The molecule has 4 heteroatoms. The highest BCUT2D eigenvalue weighted by Gasteiger charge is 2.10. The summed E-state index contributed by atoms with van der Waals surface area (Å²) in [7, 11) is 0. The largest absolute Gasteiger partial charge is 0.332 e. The average Bonchev–Trinajstić information content (AvgIpc) is 2.60. The lowest BCUT2D eigenvalue weighted by atomic mass is 10.1. The first-order valence-electron chi connectivity index (χ1n) is 8.65. The molecule has 1 saturated heterocycles. The fraction of sp³-hybridized carbons (Fsp3) is 0.350. The summed E-state index contributed by atoms with van der Waals surface area (Å²) in [5, 5.41) is 7.07. The Kier molecular flexibility index (Phi) is 5.83. The zero-order chi connectivity index (χ0) is 16.8. The van der Waals surface area contributed by atoms with Gasteiger partial charge in [0.2, 0.25) is 0 Å². The van der Waals surface area contributed by atoms with Crippen molar-refractivity contribution < 1.29 is 0 Å². The lowest BCUT2D eigenvalue weighted by Gasteiger charge is -2.26. The monoisotopic (exact) mass is 339 g/mol. The number of rotatable bonds is 4. The van der Waals surface area contributed by atoms with Crippen molar-refractivity contribution in [2.45, 2.75) is 32.7 Å². The van der Waals surface area contributed by atoms with E-state index in [0.717, 1.165) is 17.9 Å². The molecule has 0 bridgehead atoms. The zero-order valence-electron chi connectivity index (χ0n) is 14.2. The van der Waals surface area contributed by atoms with Gasteiger partial charge >= 0.3 is 0 Å². The standard InChI is InChI=1S/C20H25N3S/c1-16-5-9-18(10-6-16)21-20(24)22-19-11-7-17(8-12-19)15-23-13-3-2-4-14-23/h5-12H,2-4,13-15H2,1H3,(H2,21,22,24). The fourth-order valence-corrected chi connectivity index (χ4v) is 3.24. The Labute approximate surface area is 150 Å². The number of benzene rings is 2. The van der Waals surface area contributed by atoms with E-state index >= 15 is 0 Å². The van der Waals surface area contributed by atoms with E-state index in [2.05, 4.69) is 58.9 Å². The first-order valence-corrected chi connectivity index (χ1v) is 9.06. The molecule has 0 amide bonds. The molecule has 24 heavy (non-hydrogen) atoms. The van der Waals surface area contributed by atoms with Crippen molar-refractivity contribution in [3.8, 4) is 0 Å². The van der Waals surface area contributed by atoms with Crippen molar-refractivity contribution >= 4 is 28.7 Å². The van der Waals surface area contributed by atoms with Gasteiger partial charge in [-0.3, -0.25) is 4.90 Å². The Morgan fingerprint density at radius 2 is 1.42 bits per heavy atom. The number of likely N-dealkylation sites (tertiary alicyclic amines) is 1. The summed E-state index contributed by atoms with van der Waals surface area (Å²) < 4.78 is 0. The lowest BCUT2D eigenvalue weighted by molar-refractivity contribution is 0.221. The van der Waals surface area contributed by atoms with Crippen LogP contribution in [0.4, 0.5) is 11.4 Å². The van der Waals surface area contributed by atoms with Crippen molar-refractivity contribution in [3.63, 3.8) is 0 Å². The average molecular weight is 340 g/mol. The first kappa shape index (κ1) is 16.9. The van der Waals surface area contributed by atoms with Gasteiger partial charge in [-0.25, -0.2) is 0 Å². The Balaban J connectivity index is 1.51. The summed E-state index contributed by atoms with van der Waals surface area (Å²) in [5.41, 5.74) is 4.62. The minimum Gasteiger partial charge on any atom is -0.332 e. The van der Waals surface area contributed by atoms with Crippen LogP contribution < -0.4 is 10.6 Å². The van der Waals surface area contributed by atoms with Gasteiger partial charge in [-0.2, -0.15) is 0 Å². The van der Waals surface area contributed by atoms with Crippen LogP contribution >= 0.6 is 12.2 Å². The van der Waals surface area contributed by atoms with Gasteiger partial charge in [-0.1, -0.05) is 36.2 Å². The molecule has 1 aliphatic rings.